The number of furan rings is 2. The molecule has 0 saturated carbocycles. The number of Topliss-reactive ketones (excluding diaryl/α,β-unsaturated/α-hetero) is 1. The van der Waals surface area contributed by atoms with E-state index >= 15 is 0 Å². The minimum Gasteiger partial charge on any atom is -0.464 e. The van der Waals surface area contributed by atoms with Gasteiger partial charge in [0, 0.05) is 5.39 Å². The van der Waals surface area contributed by atoms with Crippen LogP contribution in [0.1, 0.15) is 41.1 Å². The van der Waals surface area contributed by atoms with E-state index in [1.54, 1.807) is 12.1 Å². The van der Waals surface area contributed by atoms with E-state index in [-0.39, 0.29) is 11.7 Å². The number of carbonyl (C=O) groups is 1. The standard InChI is InChI=1S/C18H18N2O5/c1-2-12(16-8-7-11(23-16)9-17(24-19)25-20)18(21)14-10-22-15-6-4-3-5-13(14)15/h3-10,12H,2,19-20H2,1H3. The van der Waals surface area contributed by atoms with E-state index in [4.69, 9.17) is 20.6 Å². The quantitative estimate of drug-likeness (QED) is 0.384. The SMILES string of the molecule is CCC(C(=O)c1coc2ccccc12)c1ccc(C=C(ON)ON)o1. The number of benzene rings is 1. The highest BCUT2D eigenvalue weighted by molar-refractivity contribution is 6.09. The van der Waals surface area contributed by atoms with E-state index in [1.807, 2.05) is 31.2 Å². The Morgan fingerprint density at radius 1 is 1.20 bits per heavy atom. The number of para-hydroxylation sites is 1. The van der Waals surface area contributed by atoms with Crippen molar-refractivity contribution in [2.45, 2.75) is 19.3 Å². The van der Waals surface area contributed by atoms with Crippen molar-refractivity contribution in [1.82, 2.24) is 0 Å². The van der Waals surface area contributed by atoms with Crippen molar-refractivity contribution in [3.05, 3.63) is 65.7 Å². The fourth-order valence-electron chi connectivity index (χ4n) is 2.72. The van der Waals surface area contributed by atoms with Crippen LogP contribution in [-0.4, -0.2) is 5.78 Å². The van der Waals surface area contributed by atoms with Gasteiger partial charge < -0.3 is 18.5 Å². The van der Waals surface area contributed by atoms with E-state index < -0.39 is 5.92 Å². The lowest BCUT2D eigenvalue weighted by atomic mass is 9.93. The second kappa shape index (κ2) is 7.25. The lowest BCUT2D eigenvalue weighted by molar-refractivity contribution is 0.0384. The van der Waals surface area contributed by atoms with Crippen molar-refractivity contribution in [3.63, 3.8) is 0 Å². The molecule has 7 nitrogen and oxygen atoms in total. The first-order chi connectivity index (χ1) is 12.2. The van der Waals surface area contributed by atoms with Crippen molar-refractivity contribution >= 4 is 22.8 Å². The maximum Gasteiger partial charge on any atom is 0.321 e. The Labute approximate surface area is 143 Å². The largest absolute Gasteiger partial charge is 0.464 e. The molecule has 0 amide bonds. The van der Waals surface area contributed by atoms with E-state index in [9.17, 15) is 4.79 Å². The summed E-state index contributed by atoms with van der Waals surface area (Å²) in [5.41, 5.74) is 1.21. The number of hydrogen-bond acceptors (Lipinski definition) is 7. The second-order valence-electron chi connectivity index (χ2n) is 5.41. The minimum atomic E-state index is -0.441. The molecule has 25 heavy (non-hydrogen) atoms. The van der Waals surface area contributed by atoms with Gasteiger partial charge in [-0.05, 0) is 24.6 Å². The fourth-order valence-corrected chi connectivity index (χ4v) is 2.72. The van der Waals surface area contributed by atoms with Gasteiger partial charge in [0.05, 0.1) is 17.6 Å². The van der Waals surface area contributed by atoms with Crippen LogP contribution >= 0.6 is 0 Å². The van der Waals surface area contributed by atoms with Crippen LogP contribution in [0.4, 0.5) is 0 Å². The molecule has 130 valence electrons. The van der Waals surface area contributed by atoms with Crippen LogP contribution in [0.5, 0.6) is 0 Å². The normalized spacial score (nSPS) is 12.0. The Morgan fingerprint density at radius 2 is 1.96 bits per heavy atom. The maximum absolute atomic E-state index is 13.0. The van der Waals surface area contributed by atoms with Gasteiger partial charge in [0.15, 0.2) is 5.78 Å². The van der Waals surface area contributed by atoms with Crippen molar-refractivity contribution in [1.29, 1.82) is 0 Å². The van der Waals surface area contributed by atoms with Gasteiger partial charge in [0.2, 0.25) is 0 Å². The smallest absolute Gasteiger partial charge is 0.321 e. The number of hydrogen-bond donors (Lipinski definition) is 2. The summed E-state index contributed by atoms with van der Waals surface area (Å²) in [5.74, 6) is 10.3. The predicted octanol–water partition coefficient (Wildman–Crippen LogP) is 3.48. The summed E-state index contributed by atoms with van der Waals surface area (Å²) in [7, 11) is 0. The molecule has 0 spiro atoms. The summed E-state index contributed by atoms with van der Waals surface area (Å²) in [5, 5.41) is 0.785. The molecule has 0 fully saturated rings. The monoisotopic (exact) mass is 342 g/mol. The summed E-state index contributed by atoms with van der Waals surface area (Å²) < 4.78 is 11.2. The highest BCUT2D eigenvalue weighted by Gasteiger charge is 2.26. The topological polar surface area (TPSA) is 114 Å². The third-order valence-corrected chi connectivity index (χ3v) is 3.95. The average Bonchev–Trinajstić information content (AvgIpc) is 3.27. The molecule has 0 aliphatic carbocycles. The third kappa shape index (κ3) is 3.28. The Kier molecular flexibility index (Phi) is 4.87. The highest BCUT2D eigenvalue weighted by Crippen LogP contribution is 2.30. The molecule has 1 aromatic carbocycles. The van der Waals surface area contributed by atoms with Gasteiger partial charge in [-0.25, -0.2) is 0 Å². The van der Waals surface area contributed by atoms with Gasteiger partial charge >= 0.3 is 5.95 Å². The molecule has 3 aromatic rings. The molecule has 2 heterocycles. The molecule has 0 aliphatic rings. The molecule has 1 unspecified atom stereocenters. The zero-order chi connectivity index (χ0) is 17.8. The number of carbonyl (C=O) groups excluding carboxylic acids is 1. The van der Waals surface area contributed by atoms with E-state index in [2.05, 4.69) is 9.68 Å². The van der Waals surface area contributed by atoms with Crippen LogP contribution in [0.2, 0.25) is 0 Å². The first-order valence-corrected chi connectivity index (χ1v) is 7.73. The van der Waals surface area contributed by atoms with Crippen LogP contribution < -0.4 is 11.8 Å². The molecule has 0 aliphatic heterocycles. The Bertz CT molecular complexity index is 903. The van der Waals surface area contributed by atoms with E-state index in [1.165, 1.54) is 12.3 Å². The molecule has 1 atom stereocenters. The summed E-state index contributed by atoms with van der Waals surface area (Å²) in [4.78, 5) is 21.8. The number of ketones is 1. The first-order valence-electron chi connectivity index (χ1n) is 7.73. The number of rotatable bonds is 7. The second-order valence-corrected chi connectivity index (χ2v) is 5.41. The maximum atomic E-state index is 13.0. The van der Waals surface area contributed by atoms with Crippen molar-refractivity contribution in [2.24, 2.45) is 11.8 Å². The molecular weight excluding hydrogens is 324 g/mol. The molecule has 2 aromatic heterocycles. The molecule has 0 bridgehead atoms. The molecule has 4 N–H and O–H groups in total. The van der Waals surface area contributed by atoms with Crippen LogP contribution in [-0.2, 0) is 9.68 Å². The Balaban J connectivity index is 1.91. The van der Waals surface area contributed by atoms with Crippen LogP contribution in [0.3, 0.4) is 0 Å². The first kappa shape index (κ1) is 16.8. The van der Waals surface area contributed by atoms with Gasteiger partial charge in [-0.15, -0.1) is 0 Å². The molecule has 0 radical (unpaired) electrons. The fraction of sp³-hybridized carbons (Fsp3) is 0.167. The van der Waals surface area contributed by atoms with Crippen LogP contribution in [0.15, 0.2) is 57.4 Å². The number of fused-ring (bicyclic) bond motifs is 1. The van der Waals surface area contributed by atoms with Gasteiger partial charge in [-0.3, -0.25) is 4.79 Å². The average molecular weight is 342 g/mol. The van der Waals surface area contributed by atoms with Gasteiger partial charge in [0.1, 0.15) is 23.4 Å². The lowest BCUT2D eigenvalue weighted by Gasteiger charge is -2.10. The van der Waals surface area contributed by atoms with Crippen molar-refractivity contribution < 1.29 is 23.3 Å². The summed E-state index contributed by atoms with van der Waals surface area (Å²) >= 11 is 0. The molecule has 3 rings (SSSR count). The Morgan fingerprint density at radius 3 is 2.68 bits per heavy atom. The zero-order valence-corrected chi connectivity index (χ0v) is 13.6. The van der Waals surface area contributed by atoms with Crippen LogP contribution in [0.25, 0.3) is 17.0 Å². The van der Waals surface area contributed by atoms with E-state index in [0.29, 0.717) is 29.1 Å². The van der Waals surface area contributed by atoms with Crippen LogP contribution in [0, 0.1) is 0 Å². The highest BCUT2D eigenvalue weighted by atomic mass is 16.8. The van der Waals surface area contributed by atoms with E-state index in [0.717, 1.165) is 5.39 Å². The Hall–Kier alpha value is -3.03. The lowest BCUT2D eigenvalue weighted by Crippen LogP contribution is -2.11. The van der Waals surface area contributed by atoms with Crippen molar-refractivity contribution in [2.75, 3.05) is 0 Å². The zero-order valence-electron chi connectivity index (χ0n) is 13.6. The predicted molar refractivity (Wildman–Crippen MR) is 90.8 cm³/mol. The van der Waals surface area contributed by atoms with Gasteiger partial charge in [-0.2, -0.15) is 11.8 Å². The molecule has 0 saturated heterocycles. The molecular formula is C18H18N2O5. The summed E-state index contributed by atoms with van der Waals surface area (Å²) in [6.45, 7) is 1.92. The van der Waals surface area contributed by atoms with Gasteiger partial charge in [-0.1, -0.05) is 25.1 Å². The summed E-state index contributed by atoms with van der Waals surface area (Å²) in [6, 6.07) is 10.8. The summed E-state index contributed by atoms with van der Waals surface area (Å²) in [6.07, 6.45) is 3.44. The minimum absolute atomic E-state index is 0.0669. The third-order valence-electron chi connectivity index (χ3n) is 3.95. The number of nitrogens with two attached hydrogens (primary N) is 2. The molecule has 7 heteroatoms. The van der Waals surface area contributed by atoms with Crippen molar-refractivity contribution in [3.8, 4) is 0 Å². The van der Waals surface area contributed by atoms with Gasteiger partial charge in [0.25, 0.3) is 0 Å².